The van der Waals surface area contributed by atoms with Crippen LogP contribution in [0, 0.1) is 0 Å². The van der Waals surface area contributed by atoms with Crippen molar-refractivity contribution in [1.29, 1.82) is 0 Å². The molecule has 34 heavy (non-hydrogen) atoms. The molecule has 0 aromatic heterocycles. The summed E-state index contributed by atoms with van der Waals surface area (Å²) < 4.78 is 11.7. The van der Waals surface area contributed by atoms with E-state index in [-0.39, 0.29) is 18.1 Å². The number of carbonyl (C=O) groups excluding carboxylic acids is 1. The molecule has 2 saturated heterocycles. The normalized spacial score (nSPS) is 18.9. The van der Waals surface area contributed by atoms with Crippen molar-refractivity contribution in [3.8, 4) is 5.75 Å². The lowest BCUT2D eigenvalue weighted by Gasteiger charge is -2.40. The maximum Gasteiger partial charge on any atom is 0.257 e. The second-order valence-corrected chi connectivity index (χ2v) is 8.99. The Labute approximate surface area is 201 Å². The van der Waals surface area contributed by atoms with E-state index in [1.807, 2.05) is 29.2 Å². The van der Waals surface area contributed by atoms with Crippen LogP contribution in [0.2, 0.25) is 0 Å². The van der Waals surface area contributed by atoms with Crippen molar-refractivity contribution in [2.45, 2.75) is 25.0 Å². The predicted molar refractivity (Wildman–Crippen MR) is 133 cm³/mol. The lowest BCUT2D eigenvalue weighted by Crippen LogP contribution is -2.50. The minimum Gasteiger partial charge on any atom is -0.490 e. The van der Waals surface area contributed by atoms with Crippen molar-refractivity contribution in [2.75, 3.05) is 39.4 Å². The number of carbonyl (C=O) groups is 1. The summed E-state index contributed by atoms with van der Waals surface area (Å²) in [6.07, 6.45) is 2.22. The highest BCUT2D eigenvalue weighted by molar-refractivity contribution is 5.97. The van der Waals surface area contributed by atoms with Gasteiger partial charge in [0.05, 0.1) is 17.7 Å². The van der Waals surface area contributed by atoms with Crippen LogP contribution in [0.15, 0.2) is 84.9 Å². The van der Waals surface area contributed by atoms with Gasteiger partial charge in [0.15, 0.2) is 0 Å². The van der Waals surface area contributed by atoms with Gasteiger partial charge in [-0.25, -0.2) is 0 Å². The summed E-state index contributed by atoms with van der Waals surface area (Å²) >= 11 is 0. The molecule has 2 aliphatic heterocycles. The Balaban J connectivity index is 1.27. The van der Waals surface area contributed by atoms with Crippen LogP contribution < -0.4 is 4.74 Å². The average molecular weight is 457 g/mol. The van der Waals surface area contributed by atoms with Crippen LogP contribution in [0.4, 0.5) is 0 Å². The van der Waals surface area contributed by atoms with Crippen LogP contribution in [0.25, 0.3) is 0 Å². The van der Waals surface area contributed by atoms with Gasteiger partial charge in [-0.2, -0.15) is 0 Å². The molecule has 3 aromatic rings. The molecule has 0 unspecified atom stereocenters. The zero-order valence-corrected chi connectivity index (χ0v) is 19.5. The Morgan fingerprint density at radius 3 is 2.09 bits per heavy atom. The first-order chi connectivity index (χ1) is 16.8. The van der Waals surface area contributed by atoms with Crippen LogP contribution in [-0.4, -0.2) is 61.2 Å². The Hall–Kier alpha value is -3.15. The average Bonchev–Trinajstić information content (AvgIpc) is 3.43. The van der Waals surface area contributed by atoms with Crippen molar-refractivity contribution in [1.82, 2.24) is 9.80 Å². The highest BCUT2D eigenvalue weighted by Gasteiger charge is 2.29. The lowest BCUT2D eigenvalue weighted by atomic mass is 9.96. The van der Waals surface area contributed by atoms with Gasteiger partial charge in [-0.1, -0.05) is 72.8 Å². The largest absolute Gasteiger partial charge is 0.490 e. The third kappa shape index (κ3) is 5.16. The molecule has 5 rings (SSSR count). The topological polar surface area (TPSA) is 42.0 Å². The molecule has 2 fully saturated rings. The first kappa shape index (κ1) is 22.6. The molecule has 3 aromatic carbocycles. The molecule has 1 atom stereocenters. The van der Waals surface area contributed by atoms with E-state index in [9.17, 15) is 4.79 Å². The zero-order chi connectivity index (χ0) is 23.2. The van der Waals surface area contributed by atoms with Crippen molar-refractivity contribution in [3.63, 3.8) is 0 Å². The molecule has 0 N–H and O–H groups in total. The molecule has 0 bridgehead atoms. The zero-order valence-electron chi connectivity index (χ0n) is 19.5. The summed E-state index contributed by atoms with van der Waals surface area (Å²) in [6, 6.07) is 29.0. The predicted octanol–water partition coefficient (Wildman–Crippen LogP) is 4.79. The summed E-state index contributed by atoms with van der Waals surface area (Å²) in [6.45, 7) is 4.31. The minimum atomic E-state index is 0.0403. The monoisotopic (exact) mass is 456 g/mol. The van der Waals surface area contributed by atoms with Crippen LogP contribution in [0.5, 0.6) is 5.75 Å². The van der Waals surface area contributed by atoms with Gasteiger partial charge in [0, 0.05) is 32.8 Å². The quantitative estimate of drug-likeness (QED) is 0.513. The first-order valence-electron chi connectivity index (χ1n) is 12.3. The fourth-order valence-electron chi connectivity index (χ4n) is 4.97. The summed E-state index contributed by atoms with van der Waals surface area (Å²) in [4.78, 5) is 17.9. The van der Waals surface area contributed by atoms with E-state index in [2.05, 4.69) is 65.6 Å². The number of piperazine rings is 1. The number of para-hydroxylation sites is 1. The summed E-state index contributed by atoms with van der Waals surface area (Å²) in [5.41, 5.74) is 3.19. The fraction of sp³-hybridized carbons (Fsp3) is 0.345. The third-order valence-corrected chi connectivity index (χ3v) is 6.76. The van der Waals surface area contributed by atoms with Gasteiger partial charge in [0.25, 0.3) is 5.91 Å². The molecule has 176 valence electrons. The molecule has 0 radical (unpaired) electrons. The standard InChI is InChI=1S/C29H32N2O3/c32-29(26-15-7-8-16-27(26)34-22-25-14-9-21-33-25)31-19-17-30(18-20-31)28(23-10-3-1-4-11-23)24-12-5-2-6-13-24/h1-8,10-13,15-16,25,28H,9,14,17-22H2/t25-/m0/s1. The SMILES string of the molecule is O=C(c1ccccc1OC[C@@H]1CCCO1)N1CCN(C(c2ccccc2)c2ccccc2)CC1. The summed E-state index contributed by atoms with van der Waals surface area (Å²) in [5.74, 6) is 0.690. The Kier molecular flexibility index (Phi) is 7.22. The van der Waals surface area contributed by atoms with Gasteiger partial charge in [-0.15, -0.1) is 0 Å². The first-order valence-corrected chi connectivity index (χ1v) is 12.3. The molecular formula is C29H32N2O3. The maximum atomic E-state index is 13.4. The number of nitrogens with zero attached hydrogens (tertiary/aromatic N) is 2. The molecule has 1 amide bonds. The summed E-state index contributed by atoms with van der Waals surface area (Å²) in [5, 5.41) is 0. The lowest BCUT2D eigenvalue weighted by molar-refractivity contribution is 0.0570. The number of amides is 1. The molecule has 0 aliphatic carbocycles. The number of ether oxygens (including phenoxy) is 2. The van der Waals surface area contributed by atoms with E-state index in [0.717, 1.165) is 32.5 Å². The van der Waals surface area contributed by atoms with Crippen LogP contribution in [0.1, 0.15) is 40.4 Å². The van der Waals surface area contributed by atoms with Crippen LogP contribution >= 0.6 is 0 Å². The minimum absolute atomic E-state index is 0.0403. The van der Waals surface area contributed by atoms with Crippen molar-refractivity contribution in [3.05, 3.63) is 102 Å². The Bertz CT molecular complexity index is 1020. The molecule has 2 aliphatic rings. The second-order valence-electron chi connectivity index (χ2n) is 8.99. The van der Waals surface area contributed by atoms with E-state index < -0.39 is 0 Å². The second kappa shape index (κ2) is 10.9. The third-order valence-electron chi connectivity index (χ3n) is 6.76. The highest BCUT2D eigenvalue weighted by Crippen LogP contribution is 2.30. The van der Waals surface area contributed by atoms with Gasteiger partial charge in [-0.3, -0.25) is 9.69 Å². The van der Waals surface area contributed by atoms with Crippen LogP contribution in [-0.2, 0) is 4.74 Å². The molecule has 5 heteroatoms. The summed E-state index contributed by atoms with van der Waals surface area (Å²) in [7, 11) is 0. The maximum absolute atomic E-state index is 13.4. The number of hydrogen-bond donors (Lipinski definition) is 0. The molecule has 5 nitrogen and oxygen atoms in total. The molecular weight excluding hydrogens is 424 g/mol. The Morgan fingerprint density at radius 2 is 1.47 bits per heavy atom. The van der Waals surface area contributed by atoms with E-state index >= 15 is 0 Å². The fourth-order valence-corrected chi connectivity index (χ4v) is 4.97. The smallest absolute Gasteiger partial charge is 0.257 e. The van der Waals surface area contributed by atoms with Crippen molar-refractivity contribution >= 4 is 5.91 Å². The van der Waals surface area contributed by atoms with Crippen molar-refractivity contribution in [2.24, 2.45) is 0 Å². The van der Waals surface area contributed by atoms with Gasteiger partial charge in [0.2, 0.25) is 0 Å². The van der Waals surface area contributed by atoms with Crippen LogP contribution in [0.3, 0.4) is 0 Å². The van der Waals surface area contributed by atoms with Gasteiger partial charge in [-0.05, 0) is 36.1 Å². The molecule has 0 spiro atoms. The number of rotatable bonds is 7. The number of hydrogen-bond acceptors (Lipinski definition) is 4. The van der Waals surface area contributed by atoms with E-state index in [1.165, 1.54) is 11.1 Å². The van der Waals surface area contributed by atoms with Gasteiger partial charge >= 0.3 is 0 Å². The molecule has 2 heterocycles. The highest BCUT2D eigenvalue weighted by atomic mass is 16.5. The van der Waals surface area contributed by atoms with E-state index in [4.69, 9.17) is 9.47 Å². The Morgan fingerprint density at radius 1 is 0.853 bits per heavy atom. The van der Waals surface area contributed by atoms with E-state index in [0.29, 0.717) is 31.0 Å². The molecule has 0 saturated carbocycles. The van der Waals surface area contributed by atoms with Gasteiger partial charge < -0.3 is 14.4 Å². The van der Waals surface area contributed by atoms with Gasteiger partial charge in [0.1, 0.15) is 12.4 Å². The van der Waals surface area contributed by atoms with Crippen molar-refractivity contribution < 1.29 is 14.3 Å². The number of benzene rings is 3. The van der Waals surface area contributed by atoms with E-state index in [1.54, 1.807) is 0 Å².